The van der Waals surface area contributed by atoms with Crippen LogP contribution in [0.2, 0.25) is 0 Å². The summed E-state index contributed by atoms with van der Waals surface area (Å²) in [5.74, 6) is 2.11. The summed E-state index contributed by atoms with van der Waals surface area (Å²) in [6.07, 6.45) is 10.3. The first kappa shape index (κ1) is 21.3. The van der Waals surface area contributed by atoms with E-state index in [0.29, 0.717) is 17.0 Å². The Kier molecular flexibility index (Phi) is 6.78. The molecular formula is C21H18N2O6. The predicted molar refractivity (Wildman–Crippen MR) is 104 cm³/mol. The van der Waals surface area contributed by atoms with Gasteiger partial charge in [0.25, 0.3) is 5.69 Å². The summed E-state index contributed by atoms with van der Waals surface area (Å²) < 4.78 is 10.1. The van der Waals surface area contributed by atoms with Crippen LogP contribution in [-0.2, 0) is 19.1 Å². The SMILES string of the molecule is C#CCOC(=O)C1=C(C)NC(C)=C(C(=O)OCC#C)C1c1ccc([N+](=O)[O-])cc1. The van der Waals surface area contributed by atoms with Gasteiger partial charge in [-0.3, -0.25) is 10.1 Å². The highest BCUT2D eigenvalue weighted by molar-refractivity contribution is 6.00. The van der Waals surface area contributed by atoms with Crippen LogP contribution in [0.4, 0.5) is 5.69 Å². The molecular weight excluding hydrogens is 376 g/mol. The summed E-state index contributed by atoms with van der Waals surface area (Å²) in [6, 6.07) is 5.52. The molecule has 1 aromatic rings. The highest BCUT2D eigenvalue weighted by atomic mass is 16.6. The molecule has 0 aliphatic carbocycles. The molecule has 1 N–H and O–H groups in total. The smallest absolute Gasteiger partial charge is 0.337 e. The Bertz CT molecular complexity index is 937. The standard InChI is InChI=1S/C21H18N2O6/c1-5-11-28-20(24)17-13(3)22-14(4)18(21(25)29-12-6-2)19(17)15-7-9-16(10-8-15)23(26)27/h1-2,7-10,19,22H,11-12H2,3-4H3. The second kappa shape index (κ2) is 9.25. The monoisotopic (exact) mass is 394 g/mol. The van der Waals surface area contributed by atoms with Gasteiger partial charge in [-0.25, -0.2) is 9.59 Å². The van der Waals surface area contributed by atoms with Crippen LogP contribution >= 0.6 is 0 Å². The van der Waals surface area contributed by atoms with E-state index in [2.05, 4.69) is 17.2 Å². The van der Waals surface area contributed by atoms with Gasteiger partial charge in [-0.15, -0.1) is 12.8 Å². The number of nitro groups is 1. The van der Waals surface area contributed by atoms with Gasteiger partial charge in [-0.1, -0.05) is 24.0 Å². The minimum atomic E-state index is -0.882. The van der Waals surface area contributed by atoms with Gasteiger partial charge in [-0.05, 0) is 19.4 Å². The Balaban J connectivity index is 2.60. The molecule has 1 heterocycles. The number of hydrogen-bond donors (Lipinski definition) is 1. The van der Waals surface area contributed by atoms with Crippen LogP contribution in [0.15, 0.2) is 46.8 Å². The highest BCUT2D eigenvalue weighted by Crippen LogP contribution is 2.39. The first-order valence-corrected chi connectivity index (χ1v) is 8.45. The molecule has 0 saturated carbocycles. The summed E-state index contributed by atoms with van der Waals surface area (Å²) in [6.45, 7) is 2.81. The van der Waals surface area contributed by atoms with Crippen molar-refractivity contribution >= 4 is 17.6 Å². The van der Waals surface area contributed by atoms with Gasteiger partial charge in [0.1, 0.15) is 0 Å². The van der Waals surface area contributed by atoms with Gasteiger partial charge in [0.15, 0.2) is 13.2 Å². The lowest BCUT2D eigenvalue weighted by Gasteiger charge is -2.30. The molecule has 1 aliphatic rings. The number of nitro benzene ring substituents is 1. The molecule has 148 valence electrons. The lowest BCUT2D eigenvalue weighted by Crippen LogP contribution is -2.32. The normalized spacial score (nSPS) is 13.8. The van der Waals surface area contributed by atoms with Crippen LogP contribution < -0.4 is 5.32 Å². The molecule has 0 spiro atoms. The Hall–Kier alpha value is -4.04. The number of non-ortho nitro benzene ring substituents is 1. The third-order valence-electron chi connectivity index (χ3n) is 4.21. The number of terminal acetylenes is 2. The zero-order valence-corrected chi connectivity index (χ0v) is 15.9. The van der Waals surface area contributed by atoms with E-state index < -0.39 is 22.8 Å². The second-order valence-corrected chi connectivity index (χ2v) is 6.04. The van der Waals surface area contributed by atoms with E-state index in [1.165, 1.54) is 24.3 Å². The number of nitrogens with one attached hydrogen (secondary N) is 1. The number of dihydropyridines is 1. The van der Waals surface area contributed by atoms with Gasteiger partial charge in [0.05, 0.1) is 22.0 Å². The fraction of sp³-hybridized carbons (Fsp3) is 0.238. The molecule has 0 aromatic heterocycles. The Morgan fingerprint density at radius 2 is 1.48 bits per heavy atom. The zero-order chi connectivity index (χ0) is 21.6. The van der Waals surface area contributed by atoms with Crippen LogP contribution in [0.3, 0.4) is 0 Å². The summed E-state index contributed by atoms with van der Waals surface area (Å²) in [7, 11) is 0. The van der Waals surface area contributed by atoms with E-state index in [1.807, 2.05) is 0 Å². The first-order chi connectivity index (χ1) is 13.8. The molecule has 0 bridgehead atoms. The molecule has 0 saturated heterocycles. The highest BCUT2D eigenvalue weighted by Gasteiger charge is 2.38. The topological polar surface area (TPSA) is 108 Å². The van der Waals surface area contributed by atoms with Gasteiger partial charge in [0.2, 0.25) is 0 Å². The lowest BCUT2D eigenvalue weighted by atomic mass is 9.80. The molecule has 0 amide bonds. The van der Waals surface area contributed by atoms with Gasteiger partial charge in [0, 0.05) is 23.5 Å². The molecule has 0 unspecified atom stereocenters. The van der Waals surface area contributed by atoms with Crippen LogP contribution in [0.25, 0.3) is 0 Å². The maximum absolute atomic E-state index is 12.7. The Labute approximate surface area is 167 Å². The van der Waals surface area contributed by atoms with Crippen LogP contribution in [0.1, 0.15) is 25.3 Å². The molecule has 0 atom stereocenters. The van der Waals surface area contributed by atoms with Crippen molar-refractivity contribution in [2.75, 3.05) is 13.2 Å². The summed E-state index contributed by atoms with van der Waals surface area (Å²) in [5, 5.41) is 13.9. The van der Waals surface area contributed by atoms with Crippen molar-refractivity contribution < 1.29 is 24.0 Å². The van der Waals surface area contributed by atoms with E-state index >= 15 is 0 Å². The maximum atomic E-state index is 12.7. The summed E-state index contributed by atoms with van der Waals surface area (Å²) in [5.41, 5.74) is 1.55. The van der Waals surface area contributed by atoms with Gasteiger partial charge < -0.3 is 14.8 Å². The first-order valence-electron chi connectivity index (χ1n) is 8.45. The molecule has 8 nitrogen and oxygen atoms in total. The summed E-state index contributed by atoms with van der Waals surface area (Å²) >= 11 is 0. The van der Waals surface area contributed by atoms with Crippen molar-refractivity contribution in [1.82, 2.24) is 5.32 Å². The van der Waals surface area contributed by atoms with E-state index in [4.69, 9.17) is 22.3 Å². The Morgan fingerprint density at radius 1 is 1.03 bits per heavy atom. The molecule has 1 aromatic carbocycles. The third kappa shape index (κ3) is 4.63. The van der Waals surface area contributed by atoms with Gasteiger partial charge in [-0.2, -0.15) is 0 Å². The number of rotatable bonds is 6. The van der Waals surface area contributed by atoms with Crippen molar-refractivity contribution in [3.8, 4) is 24.7 Å². The number of benzene rings is 1. The summed E-state index contributed by atoms with van der Waals surface area (Å²) in [4.78, 5) is 35.8. The fourth-order valence-corrected chi connectivity index (χ4v) is 3.03. The van der Waals surface area contributed by atoms with E-state index in [9.17, 15) is 19.7 Å². The fourth-order valence-electron chi connectivity index (χ4n) is 3.03. The third-order valence-corrected chi connectivity index (χ3v) is 4.21. The van der Waals surface area contributed by atoms with Crippen molar-refractivity contribution in [1.29, 1.82) is 0 Å². The maximum Gasteiger partial charge on any atom is 0.337 e. The average molecular weight is 394 g/mol. The molecule has 0 radical (unpaired) electrons. The molecule has 2 rings (SSSR count). The number of ether oxygens (including phenoxy) is 2. The number of carbonyl (C=O) groups excluding carboxylic acids is 2. The largest absolute Gasteiger partial charge is 0.449 e. The predicted octanol–water partition coefficient (Wildman–Crippen LogP) is 2.18. The number of carbonyl (C=O) groups is 2. The van der Waals surface area contributed by atoms with E-state index in [0.717, 1.165) is 0 Å². The minimum Gasteiger partial charge on any atom is -0.449 e. The number of allylic oxidation sites excluding steroid dienone is 2. The molecule has 8 heteroatoms. The number of hydrogen-bond acceptors (Lipinski definition) is 7. The lowest BCUT2D eigenvalue weighted by molar-refractivity contribution is -0.384. The number of esters is 2. The van der Waals surface area contributed by atoms with E-state index in [1.54, 1.807) is 13.8 Å². The van der Waals surface area contributed by atoms with Crippen LogP contribution in [0, 0.1) is 34.8 Å². The van der Waals surface area contributed by atoms with Crippen LogP contribution in [0.5, 0.6) is 0 Å². The van der Waals surface area contributed by atoms with Crippen molar-refractivity contribution in [2.45, 2.75) is 19.8 Å². The van der Waals surface area contributed by atoms with Crippen molar-refractivity contribution in [3.63, 3.8) is 0 Å². The number of nitrogens with zero attached hydrogens (tertiary/aromatic N) is 1. The molecule has 0 fully saturated rings. The quantitative estimate of drug-likeness (QED) is 0.341. The molecule has 1 aliphatic heterocycles. The second-order valence-electron chi connectivity index (χ2n) is 6.04. The van der Waals surface area contributed by atoms with Crippen molar-refractivity contribution in [2.24, 2.45) is 0 Å². The van der Waals surface area contributed by atoms with Gasteiger partial charge >= 0.3 is 11.9 Å². The zero-order valence-electron chi connectivity index (χ0n) is 15.9. The van der Waals surface area contributed by atoms with Crippen LogP contribution in [-0.4, -0.2) is 30.1 Å². The minimum absolute atomic E-state index is 0.128. The van der Waals surface area contributed by atoms with Crippen molar-refractivity contribution in [3.05, 3.63) is 62.5 Å². The molecule has 29 heavy (non-hydrogen) atoms. The Morgan fingerprint density at radius 3 is 1.86 bits per heavy atom. The van der Waals surface area contributed by atoms with E-state index in [-0.39, 0.29) is 30.0 Å². The average Bonchev–Trinajstić information content (AvgIpc) is 2.69.